The molecular weight excluding hydrogens is 288 g/mol. The molecule has 1 aliphatic heterocycles. The number of nitrogens with one attached hydrogen (secondary N) is 1. The number of carbonyl (C=O) groups is 1. The van der Waals surface area contributed by atoms with Crippen LogP contribution in [0, 0.1) is 11.8 Å². The van der Waals surface area contributed by atoms with E-state index < -0.39 is 0 Å². The highest BCUT2D eigenvalue weighted by Gasteiger charge is 2.27. The van der Waals surface area contributed by atoms with Crippen LogP contribution in [0.1, 0.15) is 33.6 Å². The summed E-state index contributed by atoms with van der Waals surface area (Å²) in [5, 5.41) is 3.67. The predicted octanol–water partition coefficient (Wildman–Crippen LogP) is 2.51. The van der Waals surface area contributed by atoms with Crippen molar-refractivity contribution in [2.75, 3.05) is 18.0 Å². The summed E-state index contributed by atoms with van der Waals surface area (Å²) in [4.78, 5) is 22.5. The quantitative estimate of drug-likeness (QED) is 0.928. The molecule has 1 saturated heterocycles. The summed E-state index contributed by atoms with van der Waals surface area (Å²) in [6.07, 6.45) is 4.77. The van der Waals surface area contributed by atoms with E-state index in [9.17, 15) is 4.79 Å². The van der Waals surface area contributed by atoms with Gasteiger partial charge in [-0.3, -0.25) is 4.79 Å². The first-order valence-corrected chi connectivity index (χ1v) is 7.87. The number of anilines is 1. The zero-order valence-electron chi connectivity index (χ0n) is 12.8. The summed E-state index contributed by atoms with van der Waals surface area (Å²) in [5.74, 6) is 1.47. The van der Waals surface area contributed by atoms with Gasteiger partial charge < -0.3 is 10.2 Å². The number of carbonyl (C=O) groups excluding carboxylic acids is 1. The Bertz CT molecular complexity index is 486. The maximum absolute atomic E-state index is 12.2. The van der Waals surface area contributed by atoms with Crippen LogP contribution in [0.5, 0.6) is 0 Å². The Kier molecular flexibility index (Phi) is 5.39. The van der Waals surface area contributed by atoms with E-state index in [2.05, 4.69) is 41.0 Å². The number of hydrogen-bond acceptors (Lipinski definition) is 4. The number of halogens is 1. The highest BCUT2D eigenvalue weighted by Crippen LogP contribution is 2.26. The molecule has 5 nitrogen and oxygen atoms in total. The van der Waals surface area contributed by atoms with Crippen LogP contribution in [0.3, 0.4) is 0 Å². The SMILES string of the molecule is CC(C)C(C)NC(=O)C1CCN(c2ncncc2Cl)CC1. The third-order valence-electron chi connectivity index (χ3n) is 4.18. The molecule has 0 bridgehead atoms. The lowest BCUT2D eigenvalue weighted by molar-refractivity contribution is -0.126. The Morgan fingerprint density at radius 3 is 2.62 bits per heavy atom. The molecule has 6 heteroatoms. The molecule has 1 aliphatic rings. The monoisotopic (exact) mass is 310 g/mol. The van der Waals surface area contributed by atoms with Crippen molar-refractivity contribution in [2.24, 2.45) is 11.8 Å². The van der Waals surface area contributed by atoms with Crippen molar-refractivity contribution in [3.8, 4) is 0 Å². The van der Waals surface area contributed by atoms with Gasteiger partial charge in [-0.1, -0.05) is 25.4 Å². The standard InChI is InChI=1S/C15H23ClN4O/c1-10(2)11(3)19-15(21)12-4-6-20(7-5-12)14-13(16)8-17-9-18-14/h8-12H,4-7H2,1-3H3,(H,19,21). The first-order chi connectivity index (χ1) is 9.99. The number of nitrogens with zero attached hydrogens (tertiary/aromatic N) is 3. The number of rotatable bonds is 4. The van der Waals surface area contributed by atoms with Crippen LogP contribution in [0.15, 0.2) is 12.5 Å². The Morgan fingerprint density at radius 1 is 1.38 bits per heavy atom. The van der Waals surface area contributed by atoms with Gasteiger partial charge in [-0.2, -0.15) is 0 Å². The molecule has 21 heavy (non-hydrogen) atoms. The van der Waals surface area contributed by atoms with E-state index in [1.165, 1.54) is 6.33 Å². The van der Waals surface area contributed by atoms with Crippen molar-refractivity contribution in [1.29, 1.82) is 0 Å². The van der Waals surface area contributed by atoms with E-state index in [1.54, 1.807) is 6.20 Å². The largest absolute Gasteiger partial charge is 0.355 e. The molecule has 1 amide bonds. The van der Waals surface area contributed by atoms with Gasteiger partial charge in [0.1, 0.15) is 11.3 Å². The maximum atomic E-state index is 12.2. The van der Waals surface area contributed by atoms with Gasteiger partial charge in [-0.05, 0) is 25.7 Å². The fourth-order valence-corrected chi connectivity index (χ4v) is 2.63. The molecule has 1 aromatic heterocycles. The minimum atomic E-state index is 0.0862. The lowest BCUT2D eigenvalue weighted by Gasteiger charge is -2.33. The lowest BCUT2D eigenvalue weighted by Crippen LogP contribution is -2.44. The molecule has 2 rings (SSSR count). The third kappa shape index (κ3) is 4.06. The maximum Gasteiger partial charge on any atom is 0.223 e. The van der Waals surface area contributed by atoms with Crippen molar-refractivity contribution >= 4 is 23.3 Å². The molecule has 0 radical (unpaired) electrons. The first-order valence-electron chi connectivity index (χ1n) is 7.50. The number of hydrogen-bond donors (Lipinski definition) is 1. The van der Waals surface area contributed by atoms with Crippen molar-refractivity contribution in [3.05, 3.63) is 17.5 Å². The van der Waals surface area contributed by atoms with E-state index in [0.29, 0.717) is 10.9 Å². The van der Waals surface area contributed by atoms with Gasteiger partial charge in [0.05, 0.1) is 6.20 Å². The lowest BCUT2D eigenvalue weighted by atomic mass is 9.95. The fraction of sp³-hybridized carbons (Fsp3) is 0.667. The zero-order chi connectivity index (χ0) is 15.4. The molecule has 0 aliphatic carbocycles. The van der Waals surface area contributed by atoms with Gasteiger partial charge in [0.25, 0.3) is 0 Å². The van der Waals surface area contributed by atoms with Gasteiger partial charge in [0.2, 0.25) is 5.91 Å². The minimum Gasteiger partial charge on any atom is -0.355 e. The summed E-state index contributed by atoms with van der Waals surface area (Å²) in [6.45, 7) is 7.88. The second-order valence-corrected chi connectivity index (χ2v) is 6.40. The van der Waals surface area contributed by atoms with Crippen LogP contribution >= 0.6 is 11.6 Å². The Hall–Kier alpha value is -1.36. The molecule has 0 saturated carbocycles. The summed E-state index contributed by atoms with van der Waals surface area (Å²) >= 11 is 6.11. The number of piperidine rings is 1. The van der Waals surface area contributed by atoms with Crippen LogP contribution < -0.4 is 10.2 Å². The van der Waals surface area contributed by atoms with E-state index in [1.807, 2.05) is 0 Å². The smallest absolute Gasteiger partial charge is 0.223 e. The highest BCUT2D eigenvalue weighted by atomic mass is 35.5. The molecule has 1 atom stereocenters. The van der Waals surface area contributed by atoms with E-state index in [-0.39, 0.29) is 17.9 Å². The molecule has 1 fully saturated rings. The fourth-order valence-electron chi connectivity index (χ4n) is 2.40. The zero-order valence-corrected chi connectivity index (χ0v) is 13.6. The Labute approximate surface area is 131 Å². The highest BCUT2D eigenvalue weighted by molar-refractivity contribution is 6.32. The summed E-state index contributed by atoms with van der Waals surface area (Å²) < 4.78 is 0. The van der Waals surface area contributed by atoms with Gasteiger partial charge in [0.15, 0.2) is 5.82 Å². The van der Waals surface area contributed by atoms with Crippen LogP contribution in [0.2, 0.25) is 5.02 Å². The van der Waals surface area contributed by atoms with Crippen molar-refractivity contribution in [1.82, 2.24) is 15.3 Å². The van der Waals surface area contributed by atoms with Crippen molar-refractivity contribution in [2.45, 2.75) is 39.7 Å². The Balaban J connectivity index is 1.89. The molecule has 0 spiro atoms. The summed E-state index contributed by atoms with van der Waals surface area (Å²) in [7, 11) is 0. The van der Waals surface area contributed by atoms with Crippen LogP contribution in [0.25, 0.3) is 0 Å². The van der Waals surface area contributed by atoms with E-state index >= 15 is 0 Å². The number of amides is 1. The topological polar surface area (TPSA) is 58.1 Å². The molecule has 2 heterocycles. The second kappa shape index (κ2) is 7.07. The predicted molar refractivity (Wildman–Crippen MR) is 84.4 cm³/mol. The normalized spacial score (nSPS) is 17.9. The van der Waals surface area contributed by atoms with Crippen molar-refractivity contribution in [3.63, 3.8) is 0 Å². The molecule has 1 aromatic rings. The minimum absolute atomic E-state index is 0.0862. The van der Waals surface area contributed by atoms with E-state index in [4.69, 9.17) is 11.6 Å². The van der Waals surface area contributed by atoms with Gasteiger partial charge in [0, 0.05) is 25.0 Å². The molecule has 0 aromatic carbocycles. The second-order valence-electron chi connectivity index (χ2n) is 6.00. The molecule has 1 unspecified atom stereocenters. The van der Waals surface area contributed by atoms with Crippen molar-refractivity contribution < 1.29 is 4.79 Å². The number of aromatic nitrogens is 2. The molecule has 1 N–H and O–H groups in total. The third-order valence-corrected chi connectivity index (χ3v) is 4.45. The van der Waals surface area contributed by atoms with Crippen LogP contribution in [-0.4, -0.2) is 35.0 Å². The van der Waals surface area contributed by atoms with Crippen LogP contribution in [0.4, 0.5) is 5.82 Å². The molecular formula is C15H23ClN4O. The van der Waals surface area contributed by atoms with Gasteiger partial charge in [-0.15, -0.1) is 0 Å². The van der Waals surface area contributed by atoms with Gasteiger partial charge in [-0.25, -0.2) is 9.97 Å². The average Bonchev–Trinajstić information content (AvgIpc) is 2.47. The summed E-state index contributed by atoms with van der Waals surface area (Å²) in [6, 6.07) is 0.215. The van der Waals surface area contributed by atoms with Crippen LogP contribution in [-0.2, 0) is 4.79 Å². The summed E-state index contributed by atoms with van der Waals surface area (Å²) in [5.41, 5.74) is 0. The average molecular weight is 311 g/mol. The Morgan fingerprint density at radius 2 is 2.05 bits per heavy atom. The van der Waals surface area contributed by atoms with E-state index in [0.717, 1.165) is 31.7 Å². The molecule has 116 valence electrons. The van der Waals surface area contributed by atoms with Gasteiger partial charge >= 0.3 is 0 Å². The first kappa shape index (κ1) is 16.0.